The number of anilines is 1. The molecule has 0 fully saturated rings. The molecular weight excluding hydrogens is 408 g/mol. The number of nitriles is 1. The topological polar surface area (TPSA) is 126 Å². The van der Waals surface area contributed by atoms with Crippen LogP contribution in [0.1, 0.15) is 12.1 Å². The quantitative estimate of drug-likeness (QED) is 0.512. The Kier molecular flexibility index (Phi) is 6.39. The summed E-state index contributed by atoms with van der Waals surface area (Å²) in [6.07, 6.45) is 6.10. The molecule has 0 aliphatic heterocycles. The van der Waals surface area contributed by atoms with Gasteiger partial charge in [-0.2, -0.15) is 10.2 Å². The summed E-state index contributed by atoms with van der Waals surface area (Å²) >= 11 is 0. The van der Waals surface area contributed by atoms with E-state index in [0.29, 0.717) is 12.1 Å². The number of benzene rings is 1. The molecule has 1 N–H and O–H groups in total. The average Bonchev–Trinajstić information content (AvgIpc) is 3.40. The Morgan fingerprint density at radius 1 is 1.37 bits per heavy atom. The Morgan fingerprint density at radius 3 is 2.80 bits per heavy atom. The second kappa shape index (κ2) is 8.98. The number of aryl methyl sites for hydroxylation is 1. The standard InChI is InChI=1S/C19H22N6O4S/c1-24(2)30(26,27)17-11-14(5-6-16(17)28-3)18-23-15(12-20)19(29-18)22-7-4-9-25-10-8-21-13-25/h5-6,8,10-11,13,22H,4,7,9H2,1-3H3. The Balaban J connectivity index is 1.83. The number of imidazole rings is 1. The van der Waals surface area contributed by atoms with Gasteiger partial charge in [-0.3, -0.25) is 0 Å². The van der Waals surface area contributed by atoms with Gasteiger partial charge in [0.25, 0.3) is 0 Å². The number of aromatic nitrogens is 3. The number of hydrogen-bond donors (Lipinski definition) is 1. The van der Waals surface area contributed by atoms with Crippen LogP contribution in [-0.4, -0.2) is 55.0 Å². The summed E-state index contributed by atoms with van der Waals surface area (Å²) in [6.45, 7) is 1.32. The molecule has 10 nitrogen and oxygen atoms in total. The van der Waals surface area contributed by atoms with E-state index in [4.69, 9.17) is 9.15 Å². The fraction of sp³-hybridized carbons (Fsp3) is 0.316. The van der Waals surface area contributed by atoms with Crippen LogP contribution in [0.25, 0.3) is 11.5 Å². The normalized spacial score (nSPS) is 11.4. The molecule has 0 atom stereocenters. The third kappa shape index (κ3) is 4.45. The maximum Gasteiger partial charge on any atom is 0.246 e. The van der Waals surface area contributed by atoms with Crippen molar-refractivity contribution in [3.05, 3.63) is 42.6 Å². The Bertz CT molecular complexity index is 1150. The zero-order valence-electron chi connectivity index (χ0n) is 16.9. The van der Waals surface area contributed by atoms with Crippen LogP contribution in [-0.2, 0) is 16.6 Å². The van der Waals surface area contributed by atoms with Gasteiger partial charge in [-0.15, -0.1) is 0 Å². The Morgan fingerprint density at radius 2 is 2.17 bits per heavy atom. The lowest BCUT2D eigenvalue weighted by Crippen LogP contribution is -2.22. The number of hydrogen-bond acceptors (Lipinski definition) is 8. The molecule has 0 radical (unpaired) electrons. The molecule has 0 aliphatic carbocycles. The summed E-state index contributed by atoms with van der Waals surface area (Å²) < 4.78 is 39.2. The maximum atomic E-state index is 12.6. The first-order valence-corrected chi connectivity index (χ1v) is 10.5. The van der Waals surface area contributed by atoms with E-state index >= 15 is 0 Å². The molecule has 3 rings (SSSR count). The lowest BCUT2D eigenvalue weighted by atomic mass is 10.2. The molecule has 2 aromatic heterocycles. The highest BCUT2D eigenvalue weighted by atomic mass is 32.2. The van der Waals surface area contributed by atoms with Crippen LogP contribution in [0.2, 0.25) is 0 Å². The van der Waals surface area contributed by atoms with Crippen LogP contribution >= 0.6 is 0 Å². The van der Waals surface area contributed by atoms with Crippen molar-refractivity contribution in [2.75, 3.05) is 33.1 Å². The maximum absolute atomic E-state index is 12.6. The van der Waals surface area contributed by atoms with E-state index in [1.54, 1.807) is 18.6 Å². The van der Waals surface area contributed by atoms with E-state index < -0.39 is 10.0 Å². The van der Waals surface area contributed by atoms with E-state index in [2.05, 4.69) is 15.3 Å². The molecule has 0 spiro atoms. The van der Waals surface area contributed by atoms with Gasteiger partial charge in [0.1, 0.15) is 16.7 Å². The second-order valence-corrected chi connectivity index (χ2v) is 8.66. The van der Waals surface area contributed by atoms with Crippen molar-refractivity contribution in [2.45, 2.75) is 17.9 Å². The predicted octanol–water partition coefficient (Wildman–Crippen LogP) is 2.17. The van der Waals surface area contributed by atoms with Gasteiger partial charge < -0.3 is 19.0 Å². The smallest absolute Gasteiger partial charge is 0.246 e. The lowest BCUT2D eigenvalue weighted by molar-refractivity contribution is 0.400. The summed E-state index contributed by atoms with van der Waals surface area (Å²) in [4.78, 5) is 8.17. The number of nitrogens with zero attached hydrogens (tertiary/aromatic N) is 5. The minimum atomic E-state index is -3.75. The van der Waals surface area contributed by atoms with Crippen LogP contribution in [0.5, 0.6) is 5.75 Å². The van der Waals surface area contributed by atoms with Crippen LogP contribution in [0, 0.1) is 11.3 Å². The van der Waals surface area contributed by atoms with E-state index in [-0.39, 0.29) is 28.1 Å². The molecule has 0 bridgehead atoms. The summed E-state index contributed by atoms with van der Waals surface area (Å²) in [7, 11) is 0.523. The number of sulfonamides is 1. The van der Waals surface area contributed by atoms with Crippen molar-refractivity contribution in [2.24, 2.45) is 0 Å². The molecule has 3 aromatic rings. The van der Waals surface area contributed by atoms with Crippen LogP contribution in [0.3, 0.4) is 0 Å². The molecule has 2 heterocycles. The van der Waals surface area contributed by atoms with Gasteiger partial charge in [0, 0.05) is 45.1 Å². The van der Waals surface area contributed by atoms with Crippen molar-refractivity contribution in [1.29, 1.82) is 5.26 Å². The Hall–Kier alpha value is -3.36. The van der Waals surface area contributed by atoms with Crippen molar-refractivity contribution in [1.82, 2.24) is 18.8 Å². The van der Waals surface area contributed by atoms with E-state index in [1.807, 2.05) is 16.8 Å². The number of nitrogens with one attached hydrogen (secondary N) is 1. The zero-order chi connectivity index (χ0) is 21.7. The zero-order valence-corrected chi connectivity index (χ0v) is 17.7. The molecule has 0 amide bonds. The minimum absolute atomic E-state index is 0.0148. The van der Waals surface area contributed by atoms with Gasteiger partial charge in [0.15, 0.2) is 0 Å². The van der Waals surface area contributed by atoms with E-state index in [9.17, 15) is 13.7 Å². The monoisotopic (exact) mass is 430 g/mol. The Labute approximate surface area is 174 Å². The third-order valence-corrected chi connectivity index (χ3v) is 6.18. The second-order valence-electron chi connectivity index (χ2n) is 6.54. The fourth-order valence-electron chi connectivity index (χ4n) is 2.73. The molecule has 0 unspecified atom stereocenters. The molecule has 0 saturated heterocycles. The van der Waals surface area contributed by atoms with E-state index in [1.165, 1.54) is 33.3 Å². The van der Waals surface area contributed by atoms with E-state index in [0.717, 1.165) is 17.3 Å². The minimum Gasteiger partial charge on any atom is -0.495 e. The van der Waals surface area contributed by atoms with Crippen molar-refractivity contribution < 1.29 is 17.6 Å². The SMILES string of the molecule is COc1ccc(-c2nc(C#N)c(NCCCn3ccnc3)o2)cc1S(=O)(=O)N(C)C. The molecule has 0 saturated carbocycles. The molecule has 1 aromatic carbocycles. The average molecular weight is 430 g/mol. The molecule has 0 aliphatic rings. The number of oxazole rings is 1. The first kappa shape index (κ1) is 21.4. The summed E-state index contributed by atoms with van der Waals surface area (Å²) in [5.74, 6) is 0.588. The van der Waals surface area contributed by atoms with Gasteiger partial charge in [-0.1, -0.05) is 0 Å². The van der Waals surface area contributed by atoms with Crippen LogP contribution < -0.4 is 10.1 Å². The highest BCUT2D eigenvalue weighted by Gasteiger charge is 2.24. The van der Waals surface area contributed by atoms with Gasteiger partial charge in [0.2, 0.25) is 27.5 Å². The number of methoxy groups -OCH3 is 1. The van der Waals surface area contributed by atoms with Crippen LogP contribution in [0.4, 0.5) is 5.88 Å². The van der Waals surface area contributed by atoms with Gasteiger partial charge in [0.05, 0.1) is 13.4 Å². The molecular formula is C19H22N6O4S. The molecule has 11 heteroatoms. The van der Waals surface area contributed by atoms with Crippen molar-refractivity contribution in [3.63, 3.8) is 0 Å². The predicted molar refractivity (Wildman–Crippen MR) is 109 cm³/mol. The highest BCUT2D eigenvalue weighted by Crippen LogP contribution is 2.32. The fourth-order valence-corrected chi connectivity index (χ4v) is 3.80. The third-order valence-electron chi connectivity index (χ3n) is 4.34. The van der Waals surface area contributed by atoms with Gasteiger partial charge in [-0.05, 0) is 24.6 Å². The first-order chi connectivity index (χ1) is 14.4. The van der Waals surface area contributed by atoms with Crippen molar-refractivity contribution in [3.8, 4) is 23.3 Å². The first-order valence-electron chi connectivity index (χ1n) is 9.08. The largest absolute Gasteiger partial charge is 0.495 e. The summed E-state index contributed by atoms with van der Waals surface area (Å²) in [5.41, 5.74) is 0.514. The molecule has 30 heavy (non-hydrogen) atoms. The van der Waals surface area contributed by atoms with Crippen LogP contribution in [0.15, 0.2) is 46.2 Å². The number of rotatable bonds is 9. The highest BCUT2D eigenvalue weighted by molar-refractivity contribution is 7.89. The number of ether oxygens (including phenoxy) is 1. The summed E-state index contributed by atoms with van der Waals surface area (Å²) in [6, 6.07) is 6.57. The molecule has 158 valence electrons. The van der Waals surface area contributed by atoms with Gasteiger partial charge in [-0.25, -0.2) is 17.7 Å². The summed E-state index contributed by atoms with van der Waals surface area (Å²) in [5, 5.41) is 12.4. The van der Waals surface area contributed by atoms with Crippen molar-refractivity contribution >= 4 is 15.9 Å². The lowest BCUT2D eigenvalue weighted by Gasteiger charge is -2.15. The van der Waals surface area contributed by atoms with Gasteiger partial charge >= 0.3 is 0 Å².